The van der Waals surface area contributed by atoms with E-state index < -0.39 is 24.1 Å². The fraction of sp³-hybridized carbons (Fsp3) is 0.440. The van der Waals surface area contributed by atoms with Crippen LogP contribution in [0.15, 0.2) is 42.7 Å². The summed E-state index contributed by atoms with van der Waals surface area (Å²) in [5.41, 5.74) is 1.71. The van der Waals surface area contributed by atoms with Gasteiger partial charge in [0.15, 0.2) is 12.2 Å². The molecule has 0 saturated carbocycles. The van der Waals surface area contributed by atoms with Gasteiger partial charge in [-0.15, -0.1) is 0 Å². The van der Waals surface area contributed by atoms with E-state index in [1.54, 1.807) is 36.7 Å². The fourth-order valence-corrected chi connectivity index (χ4v) is 4.41. The summed E-state index contributed by atoms with van der Waals surface area (Å²) in [6, 6.07) is 8.61. The second-order valence-electron chi connectivity index (χ2n) is 8.80. The molecule has 3 heterocycles. The molecule has 0 radical (unpaired) electrons. The molecular formula is C25H30FN3O7. The first-order valence-electron chi connectivity index (χ1n) is 11.7. The number of rotatable bonds is 7. The molecule has 2 aliphatic rings. The Morgan fingerprint density at radius 3 is 2.11 bits per heavy atom. The smallest absolute Gasteiger partial charge is 0.335 e. The fourth-order valence-electron chi connectivity index (χ4n) is 4.41. The summed E-state index contributed by atoms with van der Waals surface area (Å²) in [7, 11) is 0. The number of aliphatic hydroxyl groups is 2. The lowest BCUT2D eigenvalue weighted by molar-refractivity contribution is -0.165. The van der Waals surface area contributed by atoms with E-state index in [9.17, 15) is 18.8 Å². The first-order chi connectivity index (χ1) is 17.2. The number of halogens is 1. The monoisotopic (exact) mass is 503 g/mol. The molecular weight excluding hydrogens is 473 g/mol. The normalized spacial score (nSPS) is 19.3. The lowest BCUT2D eigenvalue weighted by Gasteiger charge is -2.28. The lowest BCUT2D eigenvalue weighted by atomic mass is 10.0. The molecule has 0 unspecified atom stereocenters. The summed E-state index contributed by atoms with van der Waals surface area (Å²) in [6.07, 6.45) is 3.32. The molecule has 2 saturated heterocycles. The first kappa shape index (κ1) is 27.2. The SMILES string of the molecule is O=C(O)[C@H](O)[C@@H](O)C(=O)O.O=C(c1ccc(-c2ccncc2)c(F)c1)N1CCC[C@H]1CN1CCCC1. The molecule has 2 aliphatic heterocycles. The molecule has 1 aromatic heterocycles. The summed E-state index contributed by atoms with van der Waals surface area (Å²) in [6.45, 7) is 3.98. The van der Waals surface area contributed by atoms with Gasteiger partial charge in [-0.1, -0.05) is 6.07 Å². The van der Waals surface area contributed by atoms with Gasteiger partial charge in [0.2, 0.25) is 0 Å². The number of pyridine rings is 1. The van der Waals surface area contributed by atoms with Gasteiger partial charge in [0.05, 0.1) is 0 Å². The van der Waals surface area contributed by atoms with Crippen molar-refractivity contribution in [3.8, 4) is 11.1 Å². The molecule has 1 aromatic carbocycles. The van der Waals surface area contributed by atoms with Crippen LogP contribution in [0.5, 0.6) is 0 Å². The van der Waals surface area contributed by atoms with Gasteiger partial charge in [0.1, 0.15) is 5.82 Å². The van der Waals surface area contributed by atoms with E-state index in [0.717, 1.165) is 44.6 Å². The Morgan fingerprint density at radius 2 is 1.56 bits per heavy atom. The van der Waals surface area contributed by atoms with Crippen molar-refractivity contribution in [1.82, 2.24) is 14.8 Å². The van der Waals surface area contributed by atoms with Gasteiger partial charge in [-0.05, 0) is 68.6 Å². The zero-order valence-electron chi connectivity index (χ0n) is 19.7. The molecule has 0 bridgehead atoms. The van der Waals surface area contributed by atoms with Crippen molar-refractivity contribution in [1.29, 1.82) is 0 Å². The van der Waals surface area contributed by atoms with E-state index in [2.05, 4.69) is 9.88 Å². The molecule has 3 atom stereocenters. The number of nitrogens with zero attached hydrogens (tertiary/aromatic N) is 3. The highest BCUT2D eigenvalue weighted by atomic mass is 19.1. The van der Waals surface area contributed by atoms with Crippen LogP contribution < -0.4 is 0 Å². The Kier molecular flexibility index (Phi) is 9.45. The second kappa shape index (κ2) is 12.5. The molecule has 10 nitrogen and oxygen atoms in total. The minimum atomic E-state index is -2.27. The number of hydrogen-bond acceptors (Lipinski definition) is 7. The standard InChI is InChI=1S/C21H24FN3O.C4H6O6/c22-20-14-17(5-6-19(20)16-7-9-23-10-8-16)21(26)25-13-3-4-18(25)15-24-11-1-2-12-24;5-1(3(7)8)2(6)4(9)10/h5-10,14,18H,1-4,11-13,15H2;1-2,5-6H,(H,7,8)(H,9,10)/t18-;1-,2-/m01/s1. The Labute approximate surface area is 207 Å². The van der Waals surface area contributed by atoms with Crippen molar-refractivity contribution in [3.05, 3.63) is 54.1 Å². The van der Waals surface area contributed by atoms with Crippen molar-refractivity contribution in [2.75, 3.05) is 26.2 Å². The van der Waals surface area contributed by atoms with E-state index in [0.29, 0.717) is 11.1 Å². The summed E-state index contributed by atoms with van der Waals surface area (Å²) in [4.78, 5) is 40.9. The number of aromatic nitrogens is 1. The third-order valence-electron chi connectivity index (χ3n) is 6.32. The molecule has 36 heavy (non-hydrogen) atoms. The maximum absolute atomic E-state index is 14.6. The van der Waals surface area contributed by atoms with Crippen LogP contribution >= 0.6 is 0 Å². The van der Waals surface area contributed by atoms with Crippen LogP contribution in [0.4, 0.5) is 4.39 Å². The van der Waals surface area contributed by atoms with E-state index in [1.807, 2.05) is 4.90 Å². The van der Waals surface area contributed by atoms with Crippen molar-refractivity contribution in [2.24, 2.45) is 0 Å². The van der Waals surface area contributed by atoms with E-state index in [-0.39, 0.29) is 17.8 Å². The van der Waals surface area contributed by atoms with Crippen molar-refractivity contribution >= 4 is 17.8 Å². The van der Waals surface area contributed by atoms with E-state index in [4.69, 9.17) is 20.4 Å². The molecule has 1 amide bonds. The predicted molar refractivity (Wildman–Crippen MR) is 127 cm³/mol. The van der Waals surface area contributed by atoms with Crippen LogP contribution in [-0.4, -0.2) is 97.5 Å². The number of likely N-dealkylation sites (tertiary alicyclic amines) is 2. The maximum Gasteiger partial charge on any atom is 0.335 e. The molecule has 194 valence electrons. The van der Waals surface area contributed by atoms with Gasteiger partial charge >= 0.3 is 11.9 Å². The van der Waals surface area contributed by atoms with Gasteiger partial charge in [-0.25, -0.2) is 14.0 Å². The Balaban J connectivity index is 0.000000308. The van der Waals surface area contributed by atoms with Crippen LogP contribution in [0, 0.1) is 5.82 Å². The maximum atomic E-state index is 14.6. The Morgan fingerprint density at radius 1 is 0.944 bits per heavy atom. The molecule has 4 rings (SSSR count). The zero-order chi connectivity index (χ0) is 26.2. The number of hydrogen-bond donors (Lipinski definition) is 4. The summed E-state index contributed by atoms with van der Waals surface area (Å²) in [5.74, 6) is -3.95. The molecule has 0 aliphatic carbocycles. The number of aliphatic hydroxyl groups excluding tert-OH is 2. The number of carbonyl (C=O) groups is 3. The minimum absolute atomic E-state index is 0.0492. The van der Waals surface area contributed by atoms with Crippen molar-refractivity contribution < 1.29 is 39.2 Å². The largest absolute Gasteiger partial charge is 0.479 e. The van der Waals surface area contributed by atoms with Crippen LogP contribution in [0.1, 0.15) is 36.0 Å². The summed E-state index contributed by atoms with van der Waals surface area (Å²) in [5, 5.41) is 32.5. The zero-order valence-corrected chi connectivity index (χ0v) is 19.7. The second-order valence-corrected chi connectivity index (χ2v) is 8.80. The molecule has 4 N–H and O–H groups in total. The number of benzene rings is 1. The van der Waals surface area contributed by atoms with Crippen LogP contribution in [-0.2, 0) is 9.59 Å². The Hall–Kier alpha value is -3.41. The van der Waals surface area contributed by atoms with Gasteiger partial charge in [0, 0.05) is 42.7 Å². The average Bonchev–Trinajstić information content (AvgIpc) is 3.56. The number of amides is 1. The molecule has 2 fully saturated rings. The summed E-state index contributed by atoms with van der Waals surface area (Å²) < 4.78 is 14.6. The quantitative estimate of drug-likeness (QED) is 0.440. The molecule has 2 aromatic rings. The van der Waals surface area contributed by atoms with Crippen molar-refractivity contribution in [2.45, 2.75) is 43.9 Å². The van der Waals surface area contributed by atoms with Crippen LogP contribution in [0.2, 0.25) is 0 Å². The number of carboxylic acid groups (broad SMARTS) is 2. The van der Waals surface area contributed by atoms with Gasteiger partial charge in [0.25, 0.3) is 5.91 Å². The Bertz CT molecular complexity index is 1040. The number of aliphatic carboxylic acids is 2. The van der Waals surface area contributed by atoms with Gasteiger partial charge < -0.3 is 30.2 Å². The van der Waals surface area contributed by atoms with Crippen LogP contribution in [0.3, 0.4) is 0 Å². The highest BCUT2D eigenvalue weighted by molar-refractivity contribution is 5.95. The lowest BCUT2D eigenvalue weighted by Crippen LogP contribution is -2.42. The first-order valence-corrected chi connectivity index (χ1v) is 11.7. The number of carboxylic acids is 2. The average molecular weight is 504 g/mol. The van der Waals surface area contributed by atoms with E-state index in [1.165, 1.54) is 18.9 Å². The number of carbonyl (C=O) groups excluding carboxylic acids is 1. The van der Waals surface area contributed by atoms with Crippen LogP contribution in [0.25, 0.3) is 11.1 Å². The van der Waals surface area contributed by atoms with Gasteiger partial charge in [-0.2, -0.15) is 0 Å². The minimum Gasteiger partial charge on any atom is -0.479 e. The van der Waals surface area contributed by atoms with Gasteiger partial charge in [-0.3, -0.25) is 9.78 Å². The topological polar surface area (TPSA) is 152 Å². The predicted octanol–water partition coefficient (Wildman–Crippen LogP) is 1.47. The molecule has 11 heteroatoms. The van der Waals surface area contributed by atoms with E-state index >= 15 is 0 Å². The summed E-state index contributed by atoms with van der Waals surface area (Å²) >= 11 is 0. The van der Waals surface area contributed by atoms with Crippen molar-refractivity contribution in [3.63, 3.8) is 0 Å². The highest BCUT2D eigenvalue weighted by Gasteiger charge is 2.32. The third kappa shape index (κ3) is 6.84. The molecule has 0 spiro atoms. The third-order valence-corrected chi connectivity index (χ3v) is 6.32. The highest BCUT2D eigenvalue weighted by Crippen LogP contribution is 2.26.